The van der Waals surface area contributed by atoms with E-state index in [4.69, 9.17) is 9.84 Å². The molecule has 2 aliphatic rings. The summed E-state index contributed by atoms with van der Waals surface area (Å²) in [6, 6.07) is -0.137. The minimum atomic E-state index is -0.850. The van der Waals surface area contributed by atoms with Crippen LogP contribution < -0.4 is 0 Å². The zero-order valence-electron chi connectivity index (χ0n) is 12.2. The van der Waals surface area contributed by atoms with Crippen molar-refractivity contribution in [3.05, 3.63) is 0 Å². The van der Waals surface area contributed by atoms with Gasteiger partial charge in [0.05, 0.1) is 12.5 Å². The van der Waals surface area contributed by atoms with Crippen molar-refractivity contribution in [2.75, 3.05) is 45.9 Å². The fraction of sp³-hybridized carbons (Fsp3) is 0.769. The van der Waals surface area contributed by atoms with Crippen molar-refractivity contribution in [3.63, 3.8) is 0 Å². The largest absolute Gasteiger partial charge is 0.481 e. The van der Waals surface area contributed by atoms with Crippen LogP contribution in [-0.4, -0.2) is 83.8 Å². The number of carboxylic acids is 1. The van der Waals surface area contributed by atoms with Gasteiger partial charge in [0.2, 0.25) is 0 Å². The maximum atomic E-state index is 12.3. The predicted octanol–water partition coefficient (Wildman–Crippen LogP) is 0.287. The summed E-state index contributed by atoms with van der Waals surface area (Å²) in [4.78, 5) is 39.6. The Morgan fingerprint density at radius 2 is 1.67 bits per heavy atom. The molecule has 0 aromatic rings. The topological polar surface area (TPSA) is 90.4 Å². The minimum Gasteiger partial charge on any atom is -0.481 e. The maximum Gasteiger partial charge on any atom is 0.409 e. The molecule has 2 aliphatic heterocycles. The van der Waals surface area contributed by atoms with Gasteiger partial charge < -0.3 is 24.5 Å². The maximum absolute atomic E-state index is 12.3. The Bertz CT molecular complexity index is 420. The second kappa shape index (κ2) is 6.64. The summed E-state index contributed by atoms with van der Waals surface area (Å²) in [7, 11) is 0. The molecule has 21 heavy (non-hydrogen) atoms. The lowest BCUT2D eigenvalue weighted by molar-refractivity contribution is -0.141. The molecule has 3 amide bonds. The van der Waals surface area contributed by atoms with E-state index in [1.54, 1.807) is 21.6 Å². The summed E-state index contributed by atoms with van der Waals surface area (Å²) in [5.74, 6) is -1.31. The monoisotopic (exact) mass is 299 g/mol. The Morgan fingerprint density at radius 1 is 1.05 bits per heavy atom. The number of piperazine rings is 1. The summed E-state index contributed by atoms with van der Waals surface area (Å²) >= 11 is 0. The average molecular weight is 299 g/mol. The Balaban J connectivity index is 1.81. The van der Waals surface area contributed by atoms with Gasteiger partial charge in [0.15, 0.2) is 0 Å². The highest BCUT2D eigenvalue weighted by Crippen LogP contribution is 2.18. The molecule has 0 aromatic carbocycles. The van der Waals surface area contributed by atoms with Crippen molar-refractivity contribution in [3.8, 4) is 0 Å². The highest BCUT2D eigenvalue weighted by Gasteiger charge is 2.34. The molecule has 0 aromatic heterocycles. The number of rotatable bonds is 2. The smallest absolute Gasteiger partial charge is 0.409 e. The molecule has 2 rings (SSSR count). The van der Waals surface area contributed by atoms with E-state index in [0.29, 0.717) is 45.8 Å². The number of carbonyl (C=O) groups excluding carboxylic acids is 2. The second-order valence-corrected chi connectivity index (χ2v) is 5.23. The van der Waals surface area contributed by atoms with Crippen LogP contribution in [0.15, 0.2) is 0 Å². The summed E-state index contributed by atoms with van der Waals surface area (Å²) in [5.41, 5.74) is 0. The summed E-state index contributed by atoms with van der Waals surface area (Å²) < 4.78 is 4.93. The number of hydrogen-bond acceptors (Lipinski definition) is 4. The van der Waals surface area contributed by atoms with Crippen LogP contribution in [0, 0.1) is 5.92 Å². The van der Waals surface area contributed by atoms with Crippen molar-refractivity contribution >= 4 is 18.1 Å². The molecular weight excluding hydrogens is 278 g/mol. The highest BCUT2D eigenvalue weighted by atomic mass is 16.6. The number of urea groups is 1. The van der Waals surface area contributed by atoms with Gasteiger partial charge in [0.25, 0.3) is 0 Å². The van der Waals surface area contributed by atoms with E-state index in [1.807, 2.05) is 0 Å². The first-order chi connectivity index (χ1) is 10.0. The standard InChI is InChI=1S/C13H21N3O5/c1-2-21-13(20)15-7-5-14(6-8-15)12(19)16-4-3-10(9-16)11(17)18/h10H,2-9H2,1H3,(H,17,18). The third-order valence-corrected chi connectivity index (χ3v) is 3.88. The van der Waals surface area contributed by atoms with Crippen LogP contribution in [0.4, 0.5) is 9.59 Å². The molecule has 1 N–H and O–H groups in total. The Kier molecular flexibility index (Phi) is 4.87. The van der Waals surface area contributed by atoms with E-state index in [0.717, 1.165) is 0 Å². The van der Waals surface area contributed by atoms with Crippen molar-refractivity contribution in [1.29, 1.82) is 0 Å². The lowest BCUT2D eigenvalue weighted by Gasteiger charge is -2.36. The fourth-order valence-corrected chi connectivity index (χ4v) is 2.63. The van der Waals surface area contributed by atoms with Crippen LogP contribution >= 0.6 is 0 Å². The van der Waals surface area contributed by atoms with Crippen LogP contribution in [0.1, 0.15) is 13.3 Å². The van der Waals surface area contributed by atoms with Crippen LogP contribution in [0.25, 0.3) is 0 Å². The van der Waals surface area contributed by atoms with E-state index < -0.39 is 11.9 Å². The molecular formula is C13H21N3O5. The first-order valence-corrected chi connectivity index (χ1v) is 7.21. The second-order valence-electron chi connectivity index (χ2n) is 5.23. The quantitative estimate of drug-likeness (QED) is 0.791. The summed E-state index contributed by atoms with van der Waals surface area (Å²) in [6.07, 6.45) is 0.154. The van der Waals surface area contributed by atoms with Gasteiger partial charge >= 0.3 is 18.1 Å². The number of ether oxygens (including phenoxy) is 1. The number of amides is 3. The minimum absolute atomic E-state index is 0.137. The van der Waals surface area contributed by atoms with Gasteiger partial charge in [0.1, 0.15) is 0 Å². The molecule has 8 nitrogen and oxygen atoms in total. The van der Waals surface area contributed by atoms with E-state index >= 15 is 0 Å². The van der Waals surface area contributed by atoms with E-state index in [2.05, 4.69) is 0 Å². The zero-order chi connectivity index (χ0) is 15.4. The van der Waals surface area contributed by atoms with E-state index in [9.17, 15) is 14.4 Å². The lowest BCUT2D eigenvalue weighted by Crippen LogP contribution is -2.53. The van der Waals surface area contributed by atoms with Gasteiger partial charge in [-0.2, -0.15) is 0 Å². The number of hydrogen-bond donors (Lipinski definition) is 1. The predicted molar refractivity (Wildman–Crippen MR) is 72.9 cm³/mol. The first kappa shape index (κ1) is 15.4. The van der Waals surface area contributed by atoms with E-state index in [1.165, 1.54) is 0 Å². The van der Waals surface area contributed by atoms with Gasteiger partial charge in [0, 0.05) is 39.3 Å². The SMILES string of the molecule is CCOC(=O)N1CCN(C(=O)N2CCC(C(=O)O)C2)CC1. The van der Waals surface area contributed by atoms with Crippen LogP contribution in [0.3, 0.4) is 0 Å². The Hall–Kier alpha value is -1.99. The third-order valence-electron chi connectivity index (χ3n) is 3.88. The number of aliphatic carboxylic acids is 1. The van der Waals surface area contributed by atoms with Crippen LogP contribution in [-0.2, 0) is 9.53 Å². The first-order valence-electron chi connectivity index (χ1n) is 7.21. The van der Waals surface area contributed by atoms with Gasteiger partial charge in [-0.3, -0.25) is 4.79 Å². The molecule has 0 aliphatic carbocycles. The van der Waals surface area contributed by atoms with Crippen molar-refractivity contribution in [1.82, 2.24) is 14.7 Å². The summed E-state index contributed by atoms with van der Waals surface area (Å²) in [5, 5.41) is 8.96. The number of likely N-dealkylation sites (tertiary alicyclic amines) is 1. The molecule has 118 valence electrons. The molecule has 0 radical (unpaired) electrons. The molecule has 0 saturated carbocycles. The van der Waals surface area contributed by atoms with Crippen molar-refractivity contribution in [2.24, 2.45) is 5.92 Å². The highest BCUT2D eigenvalue weighted by molar-refractivity contribution is 5.78. The molecule has 0 bridgehead atoms. The van der Waals surface area contributed by atoms with Gasteiger partial charge in [-0.15, -0.1) is 0 Å². The van der Waals surface area contributed by atoms with Crippen molar-refractivity contribution in [2.45, 2.75) is 13.3 Å². The summed E-state index contributed by atoms with van der Waals surface area (Å²) in [6.45, 7) is 4.63. The molecule has 2 fully saturated rings. The normalized spacial score (nSPS) is 22.3. The molecule has 1 atom stereocenters. The zero-order valence-corrected chi connectivity index (χ0v) is 12.2. The Morgan fingerprint density at radius 3 is 2.19 bits per heavy atom. The lowest BCUT2D eigenvalue weighted by atomic mass is 10.1. The number of carbonyl (C=O) groups is 3. The third kappa shape index (κ3) is 3.56. The average Bonchev–Trinajstić information content (AvgIpc) is 2.97. The van der Waals surface area contributed by atoms with Gasteiger partial charge in [-0.25, -0.2) is 9.59 Å². The molecule has 0 spiro atoms. The van der Waals surface area contributed by atoms with Crippen LogP contribution in [0.5, 0.6) is 0 Å². The fourth-order valence-electron chi connectivity index (χ4n) is 2.63. The van der Waals surface area contributed by atoms with Gasteiger partial charge in [-0.05, 0) is 13.3 Å². The molecule has 8 heteroatoms. The molecule has 2 saturated heterocycles. The van der Waals surface area contributed by atoms with Gasteiger partial charge in [-0.1, -0.05) is 0 Å². The molecule has 1 unspecified atom stereocenters. The molecule has 2 heterocycles. The number of carboxylic acid groups (broad SMARTS) is 1. The van der Waals surface area contributed by atoms with Crippen LogP contribution in [0.2, 0.25) is 0 Å². The van der Waals surface area contributed by atoms with E-state index in [-0.39, 0.29) is 18.7 Å². The number of nitrogens with zero attached hydrogens (tertiary/aromatic N) is 3. The van der Waals surface area contributed by atoms with Crippen molar-refractivity contribution < 1.29 is 24.2 Å². The Labute approximate surface area is 123 Å².